The van der Waals surface area contributed by atoms with Gasteiger partial charge in [-0.1, -0.05) is 18.2 Å². The van der Waals surface area contributed by atoms with E-state index in [1.54, 1.807) is 0 Å². The molecule has 0 unspecified atom stereocenters. The van der Waals surface area contributed by atoms with Crippen LogP contribution in [0.3, 0.4) is 0 Å². The molecule has 3 rings (SSSR count). The fourth-order valence-corrected chi connectivity index (χ4v) is 3.70. The van der Waals surface area contributed by atoms with E-state index in [4.69, 9.17) is 9.47 Å². The number of hydrogen-bond acceptors (Lipinski definition) is 4. The smallest absolute Gasteiger partial charge is 0.225 e. The van der Waals surface area contributed by atoms with Crippen molar-refractivity contribution in [3.05, 3.63) is 29.8 Å². The average molecular weight is 374 g/mol. The summed E-state index contributed by atoms with van der Waals surface area (Å²) in [5, 5.41) is 0. The van der Waals surface area contributed by atoms with Crippen molar-refractivity contribution in [2.75, 3.05) is 46.0 Å². The van der Waals surface area contributed by atoms with Crippen LogP contribution < -0.4 is 4.74 Å². The van der Waals surface area contributed by atoms with Crippen LogP contribution in [0.2, 0.25) is 0 Å². The third-order valence-electron chi connectivity index (χ3n) is 5.41. The van der Waals surface area contributed by atoms with Gasteiger partial charge in [0.15, 0.2) is 0 Å². The molecule has 0 N–H and O–H groups in total. The summed E-state index contributed by atoms with van der Waals surface area (Å²) in [6, 6.07) is 7.91. The average Bonchev–Trinajstić information content (AvgIpc) is 2.72. The molecule has 0 saturated carbocycles. The number of amides is 2. The predicted molar refractivity (Wildman–Crippen MR) is 103 cm³/mol. The van der Waals surface area contributed by atoms with Crippen molar-refractivity contribution in [2.45, 2.75) is 32.6 Å². The largest absolute Gasteiger partial charge is 0.493 e. The first-order chi connectivity index (χ1) is 13.1. The Morgan fingerprint density at radius 2 is 1.78 bits per heavy atom. The van der Waals surface area contributed by atoms with Gasteiger partial charge in [0.25, 0.3) is 0 Å². The number of aryl methyl sites for hydroxylation is 1. The molecule has 2 aliphatic rings. The van der Waals surface area contributed by atoms with E-state index in [0.29, 0.717) is 58.8 Å². The summed E-state index contributed by atoms with van der Waals surface area (Å²) in [5.41, 5.74) is 1.11. The predicted octanol–water partition coefficient (Wildman–Crippen LogP) is 2.25. The lowest BCUT2D eigenvalue weighted by molar-refractivity contribution is -0.143. The van der Waals surface area contributed by atoms with E-state index in [1.807, 2.05) is 41.0 Å². The molecule has 1 aromatic rings. The minimum Gasteiger partial charge on any atom is -0.493 e. The highest BCUT2D eigenvalue weighted by Gasteiger charge is 2.30. The number of nitrogens with zero attached hydrogens (tertiary/aromatic N) is 2. The maximum Gasteiger partial charge on any atom is 0.225 e. The Balaban J connectivity index is 1.34. The SMILES string of the molecule is Cc1ccccc1OCCCC(=O)N1CCC(C(=O)N2CCOCC2)CC1. The molecule has 0 bridgehead atoms. The lowest BCUT2D eigenvalue weighted by Crippen LogP contribution is -2.47. The zero-order chi connectivity index (χ0) is 19.1. The molecule has 2 fully saturated rings. The number of rotatable bonds is 6. The first kappa shape index (κ1) is 19.7. The van der Waals surface area contributed by atoms with E-state index in [1.165, 1.54) is 0 Å². The molecule has 0 atom stereocenters. The van der Waals surface area contributed by atoms with Crippen molar-refractivity contribution < 1.29 is 19.1 Å². The summed E-state index contributed by atoms with van der Waals surface area (Å²) in [5.74, 6) is 1.33. The van der Waals surface area contributed by atoms with Crippen molar-refractivity contribution in [2.24, 2.45) is 5.92 Å². The monoisotopic (exact) mass is 374 g/mol. The molecular weight excluding hydrogens is 344 g/mol. The number of likely N-dealkylation sites (tertiary alicyclic amines) is 1. The van der Waals surface area contributed by atoms with E-state index in [2.05, 4.69) is 0 Å². The summed E-state index contributed by atoms with van der Waals surface area (Å²) in [6.45, 7) is 6.57. The Labute approximate surface area is 161 Å². The fourth-order valence-electron chi connectivity index (χ4n) is 3.70. The second-order valence-corrected chi connectivity index (χ2v) is 7.31. The van der Waals surface area contributed by atoms with Crippen molar-refractivity contribution in [3.63, 3.8) is 0 Å². The number of benzene rings is 1. The molecular formula is C21H30N2O4. The number of morpholine rings is 1. The quantitative estimate of drug-likeness (QED) is 0.717. The first-order valence-corrected chi connectivity index (χ1v) is 9.98. The van der Waals surface area contributed by atoms with Gasteiger partial charge >= 0.3 is 0 Å². The van der Waals surface area contributed by atoms with Gasteiger partial charge in [-0.05, 0) is 37.8 Å². The molecule has 6 heteroatoms. The molecule has 0 radical (unpaired) electrons. The van der Waals surface area contributed by atoms with Crippen molar-refractivity contribution in [1.82, 2.24) is 9.80 Å². The van der Waals surface area contributed by atoms with Gasteiger partial charge in [-0.15, -0.1) is 0 Å². The molecule has 1 aromatic carbocycles. The van der Waals surface area contributed by atoms with Crippen LogP contribution in [0.4, 0.5) is 0 Å². The number of piperidine rings is 1. The highest BCUT2D eigenvalue weighted by atomic mass is 16.5. The van der Waals surface area contributed by atoms with Crippen LogP contribution in [0.25, 0.3) is 0 Å². The zero-order valence-corrected chi connectivity index (χ0v) is 16.2. The molecule has 6 nitrogen and oxygen atoms in total. The molecule has 148 valence electrons. The number of ether oxygens (including phenoxy) is 2. The Morgan fingerprint density at radius 1 is 1.07 bits per heavy atom. The zero-order valence-electron chi connectivity index (χ0n) is 16.2. The molecule has 2 heterocycles. The topological polar surface area (TPSA) is 59.1 Å². The van der Waals surface area contributed by atoms with Crippen LogP contribution in [0.5, 0.6) is 5.75 Å². The van der Waals surface area contributed by atoms with Crippen LogP contribution in [0.15, 0.2) is 24.3 Å². The van der Waals surface area contributed by atoms with Gasteiger partial charge in [0, 0.05) is 38.5 Å². The van der Waals surface area contributed by atoms with Gasteiger partial charge in [-0.25, -0.2) is 0 Å². The third kappa shape index (κ3) is 5.45. The molecule has 0 aliphatic carbocycles. The normalized spacial score (nSPS) is 18.4. The highest BCUT2D eigenvalue weighted by Crippen LogP contribution is 2.21. The van der Waals surface area contributed by atoms with Crippen molar-refractivity contribution in [1.29, 1.82) is 0 Å². The third-order valence-corrected chi connectivity index (χ3v) is 5.41. The number of carbonyl (C=O) groups is 2. The second kappa shape index (κ2) is 9.74. The number of hydrogen-bond donors (Lipinski definition) is 0. The molecule has 27 heavy (non-hydrogen) atoms. The Morgan fingerprint density at radius 3 is 2.48 bits per heavy atom. The van der Waals surface area contributed by atoms with Crippen molar-refractivity contribution in [3.8, 4) is 5.75 Å². The van der Waals surface area contributed by atoms with Crippen LogP contribution >= 0.6 is 0 Å². The van der Waals surface area contributed by atoms with Crippen molar-refractivity contribution >= 4 is 11.8 Å². The minimum absolute atomic E-state index is 0.0524. The van der Waals surface area contributed by atoms with E-state index in [9.17, 15) is 9.59 Å². The Bertz CT molecular complexity index is 635. The van der Waals surface area contributed by atoms with Gasteiger partial charge in [0.1, 0.15) is 5.75 Å². The van der Waals surface area contributed by atoms with Crippen LogP contribution in [-0.4, -0.2) is 67.6 Å². The molecule has 2 amide bonds. The van der Waals surface area contributed by atoms with E-state index < -0.39 is 0 Å². The first-order valence-electron chi connectivity index (χ1n) is 9.98. The molecule has 0 spiro atoms. The lowest BCUT2D eigenvalue weighted by atomic mass is 9.95. The summed E-state index contributed by atoms with van der Waals surface area (Å²) in [6.07, 6.45) is 2.73. The number of para-hydroxylation sites is 1. The number of carbonyl (C=O) groups excluding carboxylic acids is 2. The molecule has 2 saturated heterocycles. The van der Waals surface area contributed by atoms with E-state index in [-0.39, 0.29) is 17.7 Å². The van der Waals surface area contributed by atoms with Crippen LogP contribution in [0, 0.1) is 12.8 Å². The van der Waals surface area contributed by atoms with Gasteiger partial charge in [-0.3, -0.25) is 9.59 Å². The Kier molecular flexibility index (Phi) is 7.10. The minimum atomic E-state index is 0.0524. The van der Waals surface area contributed by atoms with Gasteiger partial charge in [0.2, 0.25) is 11.8 Å². The fraction of sp³-hybridized carbons (Fsp3) is 0.619. The Hall–Kier alpha value is -2.08. The summed E-state index contributed by atoms with van der Waals surface area (Å²) < 4.78 is 11.1. The maximum atomic E-state index is 12.6. The van der Waals surface area contributed by atoms with Gasteiger partial charge in [0.05, 0.1) is 19.8 Å². The van der Waals surface area contributed by atoms with Gasteiger partial charge < -0.3 is 19.3 Å². The summed E-state index contributed by atoms with van der Waals surface area (Å²) in [4.78, 5) is 28.8. The molecule has 0 aromatic heterocycles. The highest BCUT2D eigenvalue weighted by molar-refractivity contribution is 5.80. The second-order valence-electron chi connectivity index (χ2n) is 7.31. The van der Waals surface area contributed by atoms with Gasteiger partial charge in [-0.2, -0.15) is 0 Å². The standard InChI is InChI=1S/C21H30N2O4/c1-17-5-2-3-6-19(17)27-14-4-7-20(24)22-10-8-18(9-11-22)21(25)23-12-15-26-16-13-23/h2-3,5-6,18H,4,7-16H2,1H3. The van der Waals surface area contributed by atoms with Crippen LogP contribution in [-0.2, 0) is 14.3 Å². The summed E-state index contributed by atoms with van der Waals surface area (Å²) >= 11 is 0. The van der Waals surface area contributed by atoms with Crippen LogP contribution in [0.1, 0.15) is 31.2 Å². The van der Waals surface area contributed by atoms with E-state index >= 15 is 0 Å². The van der Waals surface area contributed by atoms with E-state index in [0.717, 1.165) is 24.2 Å². The summed E-state index contributed by atoms with van der Waals surface area (Å²) in [7, 11) is 0. The maximum absolute atomic E-state index is 12.6. The lowest BCUT2D eigenvalue weighted by Gasteiger charge is -2.35. The molecule has 2 aliphatic heterocycles.